The average Bonchev–Trinajstić information content (AvgIpc) is 3.08. The molecule has 25 heavy (non-hydrogen) atoms. The molecule has 0 aliphatic carbocycles. The molecule has 0 saturated heterocycles. The van der Waals surface area contributed by atoms with E-state index >= 15 is 0 Å². The number of amides is 2. The number of carbonyl (C=O) groups is 2. The van der Waals surface area contributed by atoms with E-state index in [9.17, 15) is 9.59 Å². The zero-order valence-electron chi connectivity index (χ0n) is 13.0. The smallest absolute Gasteiger partial charge is 0.275 e. The Hall–Kier alpha value is -2.65. The summed E-state index contributed by atoms with van der Waals surface area (Å²) in [6.45, 7) is 1.40. The summed E-state index contributed by atoms with van der Waals surface area (Å²) in [5, 5.41) is 7.63. The van der Waals surface area contributed by atoms with Gasteiger partial charge in [-0.2, -0.15) is 0 Å². The first-order chi connectivity index (χ1) is 12.0. The summed E-state index contributed by atoms with van der Waals surface area (Å²) in [7, 11) is 0. The van der Waals surface area contributed by atoms with Crippen molar-refractivity contribution in [2.24, 2.45) is 0 Å². The molecule has 0 radical (unpaired) electrons. The largest absolute Gasteiger partial charge is 0.325 e. The van der Waals surface area contributed by atoms with Crippen LogP contribution in [0.2, 0.25) is 0 Å². The third-order valence-electron chi connectivity index (χ3n) is 3.03. The zero-order valence-corrected chi connectivity index (χ0v) is 15.4. The van der Waals surface area contributed by atoms with Gasteiger partial charge in [-0.05, 0) is 24.3 Å². The lowest BCUT2D eigenvalue weighted by Gasteiger charge is -2.11. The minimum atomic E-state index is -0.386. The Morgan fingerprint density at radius 1 is 1.12 bits per heavy atom. The number of thiazole rings is 1. The van der Waals surface area contributed by atoms with Crippen LogP contribution in [0.4, 0.5) is 11.4 Å². The van der Waals surface area contributed by atoms with Crippen molar-refractivity contribution in [1.82, 2.24) is 15.0 Å². The molecule has 2 N–H and O–H groups in total. The number of halogens is 1. The van der Waals surface area contributed by atoms with E-state index in [4.69, 9.17) is 0 Å². The molecule has 7 nitrogen and oxygen atoms in total. The van der Waals surface area contributed by atoms with E-state index < -0.39 is 0 Å². The second-order valence-corrected chi connectivity index (χ2v) is 6.71. The lowest BCUT2D eigenvalue weighted by Crippen LogP contribution is -2.15. The SMILES string of the molecule is CC(=O)Nc1ccc(Br)cc1NC(=O)c1csc(-c2ncccn2)n1. The Morgan fingerprint density at radius 2 is 1.88 bits per heavy atom. The van der Waals surface area contributed by atoms with Crippen LogP contribution in [0.25, 0.3) is 10.8 Å². The number of rotatable bonds is 4. The molecule has 126 valence electrons. The average molecular weight is 418 g/mol. The maximum absolute atomic E-state index is 12.5. The maximum atomic E-state index is 12.5. The van der Waals surface area contributed by atoms with Gasteiger partial charge in [-0.3, -0.25) is 9.59 Å². The van der Waals surface area contributed by atoms with Gasteiger partial charge in [-0.15, -0.1) is 11.3 Å². The molecule has 2 amide bonds. The normalized spacial score (nSPS) is 10.3. The lowest BCUT2D eigenvalue weighted by molar-refractivity contribution is -0.114. The number of nitrogens with one attached hydrogen (secondary N) is 2. The van der Waals surface area contributed by atoms with Crippen molar-refractivity contribution in [1.29, 1.82) is 0 Å². The van der Waals surface area contributed by atoms with Gasteiger partial charge in [0.2, 0.25) is 5.91 Å². The highest BCUT2D eigenvalue weighted by Gasteiger charge is 2.15. The Bertz CT molecular complexity index is 929. The lowest BCUT2D eigenvalue weighted by atomic mass is 10.2. The highest BCUT2D eigenvalue weighted by Crippen LogP contribution is 2.27. The van der Waals surface area contributed by atoms with Gasteiger partial charge in [0.15, 0.2) is 10.8 Å². The van der Waals surface area contributed by atoms with Gasteiger partial charge in [0.05, 0.1) is 11.4 Å². The molecule has 0 atom stereocenters. The minimum Gasteiger partial charge on any atom is -0.325 e. The fraction of sp³-hybridized carbons (Fsp3) is 0.0625. The molecule has 1 aromatic carbocycles. The Kier molecular flexibility index (Phi) is 5.15. The molecule has 9 heteroatoms. The Labute approximate surface area is 155 Å². The first-order valence-corrected chi connectivity index (χ1v) is 8.81. The molecule has 0 aliphatic heterocycles. The van der Waals surface area contributed by atoms with Crippen molar-refractivity contribution in [3.63, 3.8) is 0 Å². The number of nitrogens with zero attached hydrogens (tertiary/aromatic N) is 3. The monoisotopic (exact) mass is 417 g/mol. The molecule has 3 rings (SSSR count). The van der Waals surface area contributed by atoms with Gasteiger partial charge in [-0.25, -0.2) is 15.0 Å². The molecule has 0 fully saturated rings. The summed E-state index contributed by atoms with van der Waals surface area (Å²) in [5.74, 6) is -0.147. The quantitative estimate of drug-likeness (QED) is 0.675. The van der Waals surface area contributed by atoms with Crippen LogP contribution in [0.3, 0.4) is 0 Å². The van der Waals surface area contributed by atoms with Crippen LogP contribution in [0.5, 0.6) is 0 Å². The van der Waals surface area contributed by atoms with Crippen molar-refractivity contribution in [3.05, 3.63) is 52.2 Å². The van der Waals surface area contributed by atoms with Crippen molar-refractivity contribution < 1.29 is 9.59 Å². The van der Waals surface area contributed by atoms with Gasteiger partial charge < -0.3 is 10.6 Å². The Morgan fingerprint density at radius 3 is 2.60 bits per heavy atom. The van der Waals surface area contributed by atoms with Crippen molar-refractivity contribution in [3.8, 4) is 10.8 Å². The molecule has 0 spiro atoms. The van der Waals surface area contributed by atoms with Crippen LogP contribution in [-0.4, -0.2) is 26.8 Å². The number of anilines is 2. The third kappa shape index (κ3) is 4.25. The molecule has 3 aromatic rings. The van der Waals surface area contributed by atoms with E-state index in [0.717, 1.165) is 4.47 Å². The maximum Gasteiger partial charge on any atom is 0.275 e. The predicted molar refractivity (Wildman–Crippen MR) is 99.5 cm³/mol. The van der Waals surface area contributed by atoms with Crippen molar-refractivity contribution in [2.45, 2.75) is 6.92 Å². The summed E-state index contributed by atoms with van der Waals surface area (Å²) < 4.78 is 0.772. The second kappa shape index (κ2) is 7.49. The van der Waals surface area contributed by atoms with Gasteiger partial charge in [0.25, 0.3) is 5.91 Å². The molecule has 0 aliphatic rings. The highest BCUT2D eigenvalue weighted by molar-refractivity contribution is 9.10. The summed E-state index contributed by atoms with van der Waals surface area (Å²) in [6.07, 6.45) is 3.23. The standard InChI is InChI=1S/C16H12BrN5O2S/c1-9(23)20-11-4-3-10(17)7-12(11)21-15(24)13-8-25-16(22-13)14-18-5-2-6-19-14/h2-8H,1H3,(H,20,23)(H,21,24). The van der Waals surface area contributed by atoms with Crippen LogP contribution in [0.15, 0.2) is 46.5 Å². The highest BCUT2D eigenvalue weighted by atomic mass is 79.9. The van der Waals surface area contributed by atoms with Crippen molar-refractivity contribution >= 4 is 50.5 Å². The van der Waals surface area contributed by atoms with Gasteiger partial charge in [-0.1, -0.05) is 15.9 Å². The van der Waals surface area contributed by atoms with Crippen LogP contribution < -0.4 is 10.6 Å². The Balaban J connectivity index is 1.82. The fourth-order valence-corrected chi connectivity index (χ4v) is 3.10. The number of carbonyl (C=O) groups excluding carboxylic acids is 2. The van der Waals surface area contributed by atoms with Crippen molar-refractivity contribution in [2.75, 3.05) is 10.6 Å². The minimum absolute atomic E-state index is 0.227. The van der Waals surface area contributed by atoms with Crippen LogP contribution >= 0.6 is 27.3 Å². The molecule has 0 saturated carbocycles. The molecular formula is C16H12BrN5O2S. The number of hydrogen-bond donors (Lipinski definition) is 2. The van der Waals surface area contributed by atoms with E-state index in [2.05, 4.69) is 41.5 Å². The summed E-state index contributed by atoms with van der Waals surface area (Å²) >= 11 is 4.63. The van der Waals surface area contributed by atoms with Crippen LogP contribution in [0, 0.1) is 0 Å². The van der Waals surface area contributed by atoms with E-state index in [0.29, 0.717) is 22.2 Å². The van der Waals surface area contributed by atoms with Gasteiger partial charge >= 0.3 is 0 Å². The van der Waals surface area contributed by atoms with E-state index in [1.165, 1.54) is 18.3 Å². The van der Waals surface area contributed by atoms with E-state index in [1.807, 2.05) is 0 Å². The summed E-state index contributed by atoms with van der Waals surface area (Å²) in [4.78, 5) is 36.3. The predicted octanol–water partition coefficient (Wildman–Crippen LogP) is 3.57. The van der Waals surface area contributed by atoms with Gasteiger partial charge in [0, 0.05) is 29.2 Å². The first-order valence-electron chi connectivity index (χ1n) is 7.14. The molecule has 2 aromatic heterocycles. The molecule has 0 bridgehead atoms. The molecule has 0 unspecified atom stereocenters. The third-order valence-corrected chi connectivity index (χ3v) is 4.37. The van der Waals surface area contributed by atoms with E-state index in [1.54, 1.807) is 42.0 Å². The van der Waals surface area contributed by atoms with E-state index in [-0.39, 0.29) is 17.5 Å². The molecular weight excluding hydrogens is 406 g/mol. The van der Waals surface area contributed by atoms with Crippen LogP contribution in [0.1, 0.15) is 17.4 Å². The first kappa shape index (κ1) is 17.2. The second-order valence-electron chi connectivity index (χ2n) is 4.94. The number of hydrogen-bond acceptors (Lipinski definition) is 6. The topological polar surface area (TPSA) is 96.9 Å². The number of benzene rings is 1. The number of aromatic nitrogens is 3. The van der Waals surface area contributed by atoms with Crippen LogP contribution in [-0.2, 0) is 4.79 Å². The zero-order chi connectivity index (χ0) is 17.8. The summed E-state index contributed by atoms with van der Waals surface area (Å²) in [6, 6.07) is 6.89. The fourth-order valence-electron chi connectivity index (χ4n) is 2.00. The summed E-state index contributed by atoms with van der Waals surface area (Å²) in [5.41, 5.74) is 1.23. The van der Waals surface area contributed by atoms with Gasteiger partial charge in [0.1, 0.15) is 5.69 Å². The molecule has 2 heterocycles.